The molecule has 3 aromatic rings. The summed E-state index contributed by atoms with van der Waals surface area (Å²) in [5.74, 6) is 0.394. The average molecular weight is 397 g/mol. The van der Waals surface area contributed by atoms with Gasteiger partial charge in [0.1, 0.15) is 12.4 Å². The second kappa shape index (κ2) is 8.44. The Morgan fingerprint density at radius 3 is 2.52 bits per heavy atom. The van der Waals surface area contributed by atoms with Gasteiger partial charge >= 0.3 is 0 Å². The number of rotatable bonds is 6. The van der Waals surface area contributed by atoms with Crippen molar-refractivity contribution in [2.75, 3.05) is 0 Å². The van der Waals surface area contributed by atoms with Crippen molar-refractivity contribution >= 4 is 21.8 Å². The van der Waals surface area contributed by atoms with Gasteiger partial charge in [0.15, 0.2) is 0 Å². The van der Waals surface area contributed by atoms with Crippen LogP contribution in [0.2, 0.25) is 0 Å². The second-order valence-corrected chi connectivity index (χ2v) is 6.27. The Balaban J connectivity index is 1.68. The average Bonchev–Trinajstić information content (AvgIpc) is 2.66. The third-order valence-electron chi connectivity index (χ3n) is 3.68. The lowest BCUT2D eigenvalue weighted by Crippen LogP contribution is -2.23. The summed E-state index contributed by atoms with van der Waals surface area (Å²) in [4.78, 5) is 16.5. The highest BCUT2D eigenvalue weighted by Crippen LogP contribution is 2.22. The van der Waals surface area contributed by atoms with Crippen molar-refractivity contribution in [2.24, 2.45) is 0 Å². The van der Waals surface area contributed by atoms with E-state index in [1.54, 1.807) is 24.5 Å². The van der Waals surface area contributed by atoms with Gasteiger partial charge in [-0.3, -0.25) is 9.78 Å². The van der Waals surface area contributed by atoms with Crippen molar-refractivity contribution in [3.8, 4) is 5.75 Å². The molecule has 0 spiro atoms. The zero-order chi connectivity index (χ0) is 17.5. The molecular formula is C20H17BrN2O2. The molecule has 0 fully saturated rings. The first kappa shape index (κ1) is 17.2. The molecule has 126 valence electrons. The molecule has 1 heterocycles. The molecule has 25 heavy (non-hydrogen) atoms. The van der Waals surface area contributed by atoms with Gasteiger partial charge in [-0.2, -0.15) is 0 Å². The van der Waals surface area contributed by atoms with Gasteiger partial charge in [-0.25, -0.2) is 0 Å². The number of pyridine rings is 1. The van der Waals surface area contributed by atoms with Gasteiger partial charge in [0.2, 0.25) is 0 Å². The smallest absolute Gasteiger partial charge is 0.255 e. The van der Waals surface area contributed by atoms with Gasteiger partial charge in [0.25, 0.3) is 5.91 Å². The Bertz CT molecular complexity index is 853. The minimum absolute atomic E-state index is 0.167. The van der Waals surface area contributed by atoms with Crippen LogP contribution < -0.4 is 10.1 Å². The zero-order valence-electron chi connectivity index (χ0n) is 13.5. The SMILES string of the molecule is O=C(NCc1ccncc1)c1ccccc1OCc1ccccc1Br. The molecule has 0 aliphatic carbocycles. The van der Waals surface area contributed by atoms with Crippen LogP contribution in [0, 0.1) is 0 Å². The van der Waals surface area contributed by atoms with Crippen LogP contribution in [0.5, 0.6) is 5.75 Å². The van der Waals surface area contributed by atoms with Crippen LogP contribution in [0.25, 0.3) is 0 Å². The highest BCUT2D eigenvalue weighted by Gasteiger charge is 2.12. The maximum Gasteiger partial charge on any atom is 0.255 e. The number of carbonyl (C=O) groups excluding carboxylic acids is 1. The summed E-state index contributed by atoms with van der Waals surface area (Å²) in [6, 6.07) is 18.8. The highest BCUT2D eigenvalue weighted by molar-refractivity contribution is 9.10. The Labute approximate surface area is 155 Å². The number of carbonyl (C=O) groups is 1. The maximum atomic E-state index is 12.5. The van der Waals surface area contributed by atoms with E-state index in [9.17, 15) is 4.79 Å². The Morgan fingerprint density at radius 2 is 1.72 bits per heavy atom. The van der Waals surface area contributed by atoms with Crippen LogP contribution in [-0.4, -0.2) is 10.9 Å². The first-order valence-electron chi connectivity index (χ1n) is 7.86. The Morgan fingerprint density at radius 1 is 1.00 bits per heavy atom. The molecule has 0 bridgehead atoms. The minimum Gasteiger partial charge on any atom is -0.488 e. The summed E-state index contributed by atoms with van der Waals surface area (Å²) in [5.41, 5.74) is 2.54. The van der Waals surface area contributed by atoms with Gasteiger partial charge in [0, 0.05) is 29.0 Å². The quantitative estimate of drug-likeness (QED) is 0.673. The summed E-state index contributed by atoms with van der Waals surface area (Å²) >= 11 is 3.50. The topological polar surface area (TPSA) is 51.2 Å². The molecule has 0 aliphatic rings. The van der Waals surface area contributed by atoms with Crippen molar-refractivity contribution in [3.05, 3.63) is 94.2 Å². The molecule has 5 heteroatoms. The number of nitrogens with zero attached hydrogens (tertiary/aromatic N) is 1. The molecule has 0 atom stereocenters. The third kappa shape index (κ3) is 4.67. The summed E-state index contributed by atoms with van der Waals surface area (Å²) in [6.45, 7) is 0.829. The van der Waals surface area contributed by atoms with Crippen molar-refractivity contribution in [2.45, 2.75) is 13.2 Å². The number of ether oxygens (including phenoxy) is 1. The fraction of sp³-hybridized carbons (Fsp3) is 0.100. The van der Waals surface area contributed by atoms with Crippen molar-refractivity contribution < 1.29 is 9.53 Å². The van der Waals surface area contributed by atoms with Crippen LogP contribution in [-0.2, 0) is 13.2 Å². The summed E-state index contributed by atoms with van der Waals surface area (Å²) in [5, 5.41) is 2.91. The van der Waals surface area contributed by atoms with Crippen molar-refractivity contribution in [1.82, 2.24) is 10.3 Å². The van der Waals surface area contributed by atoms with Gasteiger partial charge in [-0.05, 0) is 35.9 Å². The normalized spacial score (nSPS) is 10.3. The number of halogens is 1. The number of benzene rings is 2. The molecule has 2 aromatic carbocycles. The van der Waals surface area contributed by atoms with E-state index in [1.807, 2.05) is 48.5 Å². The fourth-order valence-electron chi connectivity index (χ4n) is 2.33. The van der Waals surface area contributed by atoms with E-state index in [2.05, 4.69) is 26.2 Å². The second-order valence-electron chi connectivity index (χ2n) is 5.41. The van der Waals surface area contributed by atoms with E-state index in [-0.39, 0.29) is 5.91 Å². The lowest BCUT2D eigenvalue weighted by atomic mass is 10.1. The molecule has 3 rings (SSSR count). The molecule has 1 N–H and O–H groups in total. The Kier molecular flexibility index (Phi) is 5.80. The van der Waals surface area contributed by atoms with Crippen molar-refractivity contribution in [1.29, 1.82) is 0 Å². The molecule has 0 unspecified atom stereocenters. The van der Waals surface area contributed by atoms with Crippen LogP contribution in [0.4, 0.5) is 0 Å². The van der Waals surface area contributed by atoms with Crippen LogP contribution in [0.3, 0.4) is 0 Å². The van der Waals surface area contributed by atoms with Gasteiger partial charge in [-0.1, -0.05) is 46.3 Å². The number of amides is 1. The minimum atomic E-state index is -0.167. The zero-order valence-corrected chi connectivity index (χ0v) is 15.1. The lowest BCUT2D eigenvalue weighted by Gasteiger charge is -2.12. The van der Waals surface area contributed by atoms with Gasteiger partial charge in [-0.15, -0.1) is 0 Å². The monoisotopic (exact) mass is 396 g/mol. The highest BCUT2D eigenvalue weighted by atomic mass is 79.9. The van der Waals surface area contributed by atoms with E-state index in [0.717, 1.165) is 15.6 Å². The molecule has 1 amide bonds. The summed E-state index contributed by atoms with van der Waals surface area (Å²) < 4.78 is 6.86. The number of hydrogen-bond donors (Lipinski definition) is 1. The molecule has 0 radical (unpaired) electrons. The van der Waals surface area contributed by atoms with Gasteiger partial charge < -0.3 is 10.1 Å². The van der Waals surface area contributed by atoms with E-state index in [1.165, 1.54) is 0 Å². The van der Waals surface area contributed by atoms with E-state index in [0.29, 0.717) is 24.5 Å². The molecule has 0 saturated carbocycles. The van der Waals surface area contributed by atoms with Crippen LogP contribution in [0.1, 0.15) is 21.5 Å². The first-order chi connectivity index (χ1) is 12.2. The predicted octanol–water partition coefficient (Wildman–Crippen LogP) is 4.35. The fourth-order valence-corrected chi connectivity index (χ4v) is 2.73. The predicted molar refractivity (Wildman–Crippen MR) is 100 cm³/mol. The summed E-state index contributed by atoms with van der Waals surface area (Å²) in [7, 11) is 0. The Hall–Kier alpha value is -2.66. The first-order valence-corrected chi connectivity index (χ1v) is 8.65. The van der Waals surface area contributed by atoms with Crippen LogP contribution in [0.15, 0.2) is 77.5 Å². The molecule has 4 nitrogen and oxygen atoms in total. The van der Waals surface area contributed by atoms with E-state index >= 15 is 0 Å². The molecule has 0 saturated heterocycles. The number of nitrogens with one attached hydrogen (secondary N) is 1. The van der Waals surface area contributed by atoms with Gasteiger partial charge in [0.05, 0.1) is 5.56 Å². The maximum absolute atomic E-state index is 12.5. The molecule has 0 aliphatic heterocycles. The molecule has 1 aromatic heterocycles. The molecular weight excluding hydrogens is 380 g/mol. The lowest BCUT2D eigenvalue weighted by molar-refractivity contribution is 0.0946. The third-order valence-corrected chi connectivity index (χ3v) is 4.45. The van der Waals surface area contributed by atoms with E-state index in [4.69, 9.17) is 4.74 Å². The largest absolute Gasteiger partial charge is 0.488 e. The number of hydrogen-bond acceptors (Lipinski definition) is 3. The van der Waals surface area contributed by atoms with Crippen molar-refractivity contribution in [3.63, 3.8) is 0 Å². The standard InChI is InChI=1S/C20H17BrN2O2/c21-18-7-3-1-5-16(18)14-25-19-8-4-2-6-17(19)20(24)23-13-15-9-11-22-12-10-15/h1-12H,13-14H2,(H,23,24). The van der Waals surface area contributed by atoms with Crippen LogP contribution >= 0.6 is 15.9 Å². The number of aromatic nitrogens is 1. The summed E-state index contributed by atoms with van der Waals surface area (Å²) in [6.07, 6.45) is 3.41. The number of para-hydroxylation sites is 1. The van der Waals surface area contributed by atoms with E-state index < -0.39 is 0 Å².